The van der Waals surface area contributed by atoms with Crippen LogP contribution >= 0.6 is 0 Å². The van der Waals surface area contributed by atoms with Crippen LogP contribution in [0.2, 0.25) is 0 Å². The van der Waals surface area contributed by atoms with Gasteiger partial charge in [0.15, 0.2) is 0 Å². The van der Waals surface area contributed by atoms with Gasteiger partial charge in [0.1, 0.15) is 0 Å². The Morgan fingerprint density at radius 3 is 2.79 bits per heavy atom. The van der Waals surface area contributed by atoms with Crippen molar-refractivity contribution in [1.82, 2.24) is 4.98 Å². The number of pyridine rings is 1. The number of hydrogen-bond acceptors (Lipinski definition) is 2. The van der Waals surface area contributed by atoms with Crippen LogP contribution < -0.4 is 0 Å². The van der Waals surface area contributed by atoms with E-state index in [1.807, 2.05) is 12.4 Å². The Labute approximate surface area is 85.0 Å². The molecule has 2 unspecified atom stereocenters. The quantitative estimate of drug-likeness (QED) is 0.777. The van der Waals surface area contributed by atoms with E-state index in [-0.39, 0.29) is 6.10 Å². The van der Waals surface area contributed by atoms with Crippen molar-refractivity contribution in [1.29, 1.82) is 0 Å². The van der Waals surface area contributed by atoms with Gasteiger partial charge in [-0.05, 0) is 49.3 Å². The van der Waals surface area contributed by atoms with Crippen molar-refractivity contribution in [3.8, 4) is 0 Å². The van der Waals surface area contributed by atoms with Crippen LogP contribution in [-0.2, 0) is 6.42 Å². The zero-order valence-corrected chi connectivity index (χ0v) is 8.39. The Hall–Kier alpha value is -0.890. The van der Waals surface area contributed by atoms with Gasteiger partial charge in [-0.2, -0.15) is 0 Å². The van der Waals surface area contributed by atoms with Crippen molar-refractivity contribution >= 4 is 0 Å². The van der Waals surface area contributed by atoms with Crippen molar-refractivity contribution in [3.05, 3.63) is 30.1 Å². The Bertz CT molecular complexity index is 273. The van der Waals surface area contributed by atoms with Crippen molar-refractivity contribution in [2.24, 2.45) is 5.92 Å². The summed E-state index contributed by atoms with van der Waals surface area (Å²) in [4.78, 5) is 4.00. The first-order valence-corrected chi connectivity index (χ1v) is 5.41. The number of aromatic nitrogens is 1. The number of nitrogens with zero attached hydrogens (tertiary/aromatic N) is 1. The summed E-state index contributed by atoms with van der Waals surface area (Å²) in [5.74, 6) is 0.668. The van der Waals surface area contributed by atoms with Crippen LogP contribution in [-0.4, -0.2) is 16.2 Å². The smallest absolute Gasteiger partial charge is 0.0543 e. The van der Waals surface area contributed by atoms with Gasteiger partial charge in [0.2, 0.25) is 0 Å². The van der Waals surface area contributed by atoms with Gasteiger partial charge in [0.05, 0.1) is 6.10 Å². The molecule has 14 heavy (non-hydrogen) atoms. The zero-order valence-electron chi connectivity index (χ0n) is 8.39. The highest BCUT2D eigenvalue weighted by molar-refractivity contribution is 5.10. The number of hydrogen-bond donors (Lipinski definition) is 1. The molecule has 1 heterocycles. The molecule has 2 rings (SSSR count). The highest BCUT2D eigenvalue weighted by atomic mass is 16.3. The van der Waals surface area contributed by atoms with Crippen molar-refractivity contribution in [3.63, 3.8) is 0 Å². The first-order chi connectivity index (χ1) is 6.84. The predicted octanol–water partition coefficient (Wildman–Crippen LogP) is 2.18. The van der Waals surface area contributed by atoms with Crippen LogP contribution in [0.3, 0.4) is 0 Å². The maximum absolute atomic E-state index is 9.55. The Kier molecular flexibility index (Phi) is 3.14. The van der Waals surface area contributed by atoms with Crippen molar-refractivity contribution in [2.75, 3.05) is 0 Å². The number of aliphatic hydroxyl groups excluding tert-OH is 1. The van der Waals surface area contributed by atoms with E-state index < -0.39 is 0 Å². The summed E-state index contributed by atoms with van der Waals surface area (Å²) >= 11 is 0. The van der Waals surface area contributed by atoms with Gasteiger partial charge < -0.3 is 5.11 Å². The first kappa shape index (κ1) is 9.66. The average molecular weight is 191 g/mol. The minimum absolute atomic E-state index is 0.0596. The fourth-order valence-corrected chi connectivity index (χ4v) is 2.30. The highest BCUT2D eigenvalue weighted by Crippen LogP contribution is 2.26. The van der Waals surface area contributed by atoms with E-state index in [1.165, 1.54) is 18.4 Å². The molecule has 2 heteroatoms. The standard InChI is InChI=1S/C12H17NO/c14-12-3-1-2-11(9-12)8-10-4-6-13-7-5-10/h4-7,11-12,14H,1-3,8-9H2. The Morgan fingerprint density at radius 1 is 1.29 bits per heavy atom. The van der Waals surface area contributed by atoms with Gasteiger partial charge >= 0.3 is 0 Å². The molecule has 1 fully saturated rings. The van der Waals surface area contributed by atoms with Crippen molar-refractivity contribution in [2.45, 2.75) is 38.2 Å². The summed E-state index contributed by atoms with van der Waals surface area (Å²) in [6.45, 7) is 0. The predicted molar refractivity (Wildman–Crippen MR) is 55.9 cm³/mol. The third kappa shape index (κ3) is 2.55. The fourth-order valence-electron chi connectivity index (χ4n) is 2.30. The molecule has 1 aromatic rings. The molecule has 2 atom stereocenters. The van der Waals surface area contributed by atoms with Gasteiger partial charge in [-0.1, -0.05) is 6.42 Å². The van der Waals surface area contributed by atoms with Crippen LogP contribution in [0.15, 0.2) is 24.5 Å². The lowest BCUT2D eigenvalue weighted by molar-refractivity contribution is 0.101. The molecule has 0 saturated heterocycles. The fraction of sp³-hybridized carbons (Fsp3) is 0.583. The van der Waals surface area contributed by atoms with Crippen LogP contribution in [0.4, 0.5) is 0 Å². The van der Waals surface area contributed by atoms with E-state index in [0.29, 0.717) is 5.92 Å². The number of aliphatic hydroxyl groups is 1. The maximum atomic E-state index is 9.55. The zero-order chi connectivity index (χ0) is 9.80. The summed E-state index contributed by atoms with van der Waals surface area (Å²) in [5.41, 5.74) is 1.35. The molecule has 0 bridgehead atoms. The van der Waals surface area contributed by atoms with Crippen LogP contribution in [0.5, 0.6) is 0 Å². The summed E-state index contributed by atoms with van der Waals surface area (Å²) in [6.07, 6.45) is 9.13. The topological polar surface area (TPSA) is 33.1 Å². The molecular weight excluding hydrogens is 174 g/mol. The lowest BCUT2D eigenvalue weighted by Gasteiger charge is -2.25. The molecule has 2 nitrogen and oxygen atoms in total. The molecule has 1 N–H and O–H groups in total. The van der Waals surface area contributed by atoms with Gasteiger partial charge in [-0.15, -0.1) is 0 Å². The second-order valence-electron chi connectivity index (χ2n) is 4.25. The highest BCUT2D eigenvalue weighted by Gasteiger charge is 2.19. The molecule has 1 saturated carbocycles. The molecule has 0 amide bonds. The van der Waals surface area contributed by atoms with Crippen molar-refractivity contribution < 1.29 is 5.11 Å². The molecule has 1 aliphatic rings. The molecule has 1 aromatic heterocycles. The second kappa shape index (κ2) is 4.56. The lowest BCUT2D eigenvalue weighted by atomic mass is 9.83. The lowest BCUT2D eigenvalue weighted by Crippen LogP contribution is -2.20. The summed E-state index contributed by atoms with van der Waals surface area (Å²) in [5, 5.41) is 9.55. The van der Waals surface area contributed by atoms with Gasteiger partial charge in [0, 0.05) is 12.4 Å². The maximum Gasteiger partial charge on any atom is 0.0543 e. The second-order valence-corrected chi connectivity index (χ2v) is 4.25. The minimum atomic E-state index is -0.0596. The minimum Gasteiger partial charge on any atom is -0.393 e. The summed E-state index contributed by atoms with van der Waals surface area (Å²) in [6, 6.07) is 4.14. The molecule has 1 aliphatic carbocycles. The average Bonchev–Trinajstić information content (AvgIpc) is 2.19. The van der Waals surface area contributed by atoms with E-state index in [9.17, 15) is 5.11 Å². The molecule has 0 radical (unpaired) electrons. The third-order valence-corrected chi connectivity index (χ3v) is 3.03. The Balaban J connectivity index is 1.91. The normalized spacial score (nSPS) is 27.5. The van der Waals surface area contributed by atoms with Crippen LogP contribution in [0, 0.1) is 5.92 Å². The summed E-state index contributed by atoms with van der Waals surface area (Å²) < 4.78 is 0. The molecule has 76 valence electrons. The van der Waals surface area contributed by atoms with Gasteiger partial charge in [-0.25, -0.2) is 0 Å². The van der Waals surface area contributed by atoms with Gasteiger partial charge in [-0.3, -0.25) is 4.98 Å². The molecular formula is C12H17NO. The summed E-state index contributed by atoms with van der Waals surface area (Å²) in [7, 11) is 0. The third-order valence-electron chi connectivity index (χ3n) is 3.03. The SMILES string of the molecule is OC1CCCC(Cc2ccncc2)C1. The first-order valence-electron chi connectivity index (χ1n) is 5.41. The van der Waals surface area contributed by atoms with E-state index in [1.54, 1.807) is 0 Å². The van der Waals surface area contributed by atoms with E-state index in [2.05, 4.69) is 17.1 Å². The molecule has 0 aromatic carbocycles. The molecule has 0 spiro atoms. The number of rotatable bonds is 2. The van der Waals surface area contributed by atoms with E-state index in [4.69, 9.17) is 0 Å². The van der Waals surface area contributed by atoms with Crippen LogP contribution in [0.1, 0.15) is 31.2 Å². The van der Waals surface area contributed by atoms with E-state index in [0.717, 1.165) is 19.3 Å². The van der Waals surface area contributed by atoms with Crippen LogP contribution in [0.25, 0.3) is 0 Å². The Morgan fingerprint density at radius 2 is 2.07 bits per heavy atom. The van der Waals surface area contributed by atoms with E-state index >= 15 is 0 Å². The largest absolute Gasteiger partial charge is 0.393 e. The van der Waals surface area contributed by atoms with Gasteiger partial charge in [0.25, 0.3) is 0 Å². The molecule has 0 aliphatic heterocycles. The monoisotopic (exact) mass is 191 g/mol.